The van der Waals surface area contributed by atoms with Crippen LogP contribution in [0.2, 0.25) is 5.02 Å². The summed E-state index contributed by atoms with van der Waals surface area (Å²) in [5.74, 6) is 1.78. The van der Waals surface area contributed by atoms with Crippen molar-refractivity contribution in [2.45, 2.75) is 19.3 Å². The topological polar surface area (TPSA) is 50.3 Å². The molecular formula is C18H23ClN4O. The number of halogens is 1. The minimum absolute atomic E-state index is 0.0605. The summed E-state index contributed by atoms with van der Waals surface area (Å²) in [5.41, 5.74) is 1.14. The van der Waals surface area contributed by atoms with Gasteiger partial charge in [0.25, 0.3) is 0 Å². The van der Waals surface area contributed by atoms with Crippen molar-refractivity contribution in [3.8, 4) is 0 Å². The van der Waals surface area contributed by atoms with E-state index in [1.807, 2.05) is 24.3 Å². The van der Waals surface area contributed by atoms with E-state index in [1.54, 1.807) is 6.33 Å². The van der Waals surface area contributed by atoms with E-state index in [0.717, 1.165) is 49.5 Å². The summed E-state index contributed by atoms with van der Waals surface area (Å²) in [6, 6.07) is 10.0. The number of aromatic nitrogens is 2. The summed E-state index contributed by atoms with van der Waals surface area (Å²) in [5, 5.41) is 4.19. The van der Waals surface area contributed by atoms with Crippen molar-refractivity contribution in [2.24, 2.45) is 0 Å². The summed E-state index contributed by atoms with van der Waals surface area (Å²) >= 11 is 6.12. The smallest absolute Gasteiger partial charge is 0.134 e. The molecule has 2 heterocycles. The summed E-state index contributed by atoms with van der Waals surface area (Å²) in [6.45, 7) is 8.36. The molecule has 2 aromatic rings. The lowest BCUT2D eigenvalue weighted by atomic mass is 9.84. The fourth-order valence-electron chi connectivity index (χ4n) is 2.73. The normalized spacial score (nSPS) is 15.4. The number of hydrogen-bond donors (Lipinski definition) is 1. The Labute approximate surface area is 148 Å². The predicted octanol–water partition coefficient (Wildman–Crippen LogP) is 3.36. The van der Waals surface area contributed by atoms with Crippen LogP contribution in [0.15, 0.2) is 36.7 Å². The molecular weight excluding hydrogens is 324 g/mol. The summed E-state index contributed by atoms with van der Waals surface area (Å²) < 4.78 is 5.39. The van der Waals surface area contributed by atoms with Crippen LogP contribution in [0, 0.1) is 0 Å². The second-order valence-corrected chi connectivity index (χ2v) is 7.05. The lowest BCUT2D eigenvalue weighted by Gasteiger charge is -2.28. The van der Waals surface area contributed by atoms with Crippen molar-refractivity contribution in [1.29, 1.82) is 0 Å². The number of rotatable bonds is 5. The molecule has 0 atom stereocenters. The first-order valence-corrected chi connectivity index (χ1v) is 8.57. The van der Waals surface area contributed by atoms with Crippen molar-refractivity contribution in [1.82, 2.24) is 9.97 Å². The van der Waals surface area contributed by atoms with Gasteiger partial charge in [-0.1, -0.05) is 37.6 Å². The Kier molecular flexibility index (Phi) is 5.21. The van der Waals surface area contributed by atoms with Crippen LogP contribution in [0.4, 0.5) is 11.6 Å². The summed E-state index contributed by atoms with van der Waals surface area (Å²) in [4.78, 5) is 10.9. The Balaban J connectivity index is 1.67. The number of anilines is 2. The van der Waals surface area contributed by atoms with Crippen LogP contribution >= 0.6 is 11.6 Å². The Hall–Kier alpha value is -1.85. The van der Waals surface area contributed by atoms with Gasteiger partial charge in [0, 0.05) is 36.1 Å². The third-order valence-corrected chi connectivity index (χ3v) is 4.54. The van der Waals surface area contributed by atoms with Gasteiger partial charge in [0.15, 0.2) is 0 Å². The third-order valence-electron chi connectivity index (χ3n) is 4.31. The van der Waals surface area contributed by atoms with Crippen LogP contribution in [-0.2, 0) is 10.2 Å². The van der Waals surface area contributed by atoms with Crippen LogP contribution in [0.25, 0.3) is 0 Å². The van der Waals surface area contributed by atoms with Crippen LogP contribution in [0.5, 0.6) is 0 Å². The van der Waals surface area contributed by atoms with Crippen molar-refractivity contribution in [2.75, 3.05) is 43.1 Å². The highest BCUT2D eigenvalue weighted by atomic mass is 35.5. The van der Waals surface area contributed by atoms with E-state index in [2.05, 4.69) is 40.1 Å². The largest absolute Gasteiger partial charge is 0.378 e. The van der Waals surface area contributed by atoms with Crippen LogP contribution in [0.1, 0.15) is 19.4 Å². The molecule has 0 bridgehead atoms. The van der Waals surface area contributed by atoms with E-state index >= 15 is 0 Å². The molecule has 5 nitrogen and oxygen atoms in total. The Morgan fingerprint density at radius 1 is 1.21 bits per heavy atom. The molecule has 1 aromatic carbocycles. The molecule has 0 spiro atoms. The average Bonchev–Trinajstić information content (AvgIpc) is 2.61. The number of morpholine rings is 1. The number of nitrogens with zero attached hydrogens (tertiary/aromatic N) is 3. The molecule has 128 valence electrons. The van der Waals surface area contributed by atoms with Gasteiger partial charge in [-0.15, -0.1) is 0 Å². The van der Waals surface area contributed by atoms with E-state index in [0.29, 0.717) is 0 Å². The van der Waals surface area contributed by atoms with E-state index in [-0.39, 0.29) is 5.41 Å². The van der Waals surface area contributed by atoms with Crippen molar-refractivity contribution in [3.63, 3.8) is 0 Å². The molecule has 6 heteroatoms. The number of hydrogen-bond acceptors (Lipinski definition) is 5. The van der Waals surface area contributed by atoms with Crippen molar-refractivity contribution in [3.05, 3.63) is 47.2 Å². The Morgan fingerprint density at radius 2 is 2.00 bits per heavy atom. The zero-order chi connectivity index (χ0) is 17.0. The van der Waals surface area contributed by atoms with E-state index in [4.69, 9.17) is 16.3 Å². The second-order valence-electron chi connectivity index (χ2n) is 6.61. The monoisotopic (exact) mass is 346 g/mol. The van der Waals surface area contributed by atoms with Crippen molar-refractivity contribution >= 4 is 23.2 Å². The molecule has 1 N–H and O–H groups in total. The quantitative estimate of drug-likeness (QED) is 0.899. The lowest BCUT2D eigenvalue weighted by molar-refractivity contribution is 0.122. The molecule has 24 heavy (non-hydrogen) atoms. The molecule has 1 fully saturated rings. The maximum Gasteiger partial charge on any atom is 0.134 e. The SMILES string of the molecule is CC(C)(CNc1cc(N2CCOCC2)ncn1)c1cccc(Cl)c1. The first kappa shape index (κ1) is 17.0. The highest BCUT2D eigenvalue weighted by molar-refractivity contribution is 6.30. The molecule has 1 saturated heterocycles. The minimum atomic E-state index is -0.0605. The first-order chi connectivity index (χ1) is 11.5. The van der Waals surface area contributed by atoms with Gasteiger partial charge in [0.05, 0.1) is 13.2 Å². The zero-order valence-electron chi connectivity index (χ0n) is 14.1. The Bertz CT molecular complexity index is 686. The molecule has 0 saturated carbocycles. The highest BCUT2D eigenvalue weighted by Crippen LogP contribution is 2.26. The Morgan fingerprint density at radius 3 is 2.75 bits per heavy atom. The van der Waals surface area contributed by atoms with Gasteiger partial charge in [0.2, 0.25) is 0 Å². The van der Waals surface area contributed by atoms with Gasteiger partial charge in [-0.3, -0.25) is 0 Å². The standard InChI is InChI=1S/C18H23ClN4O/c1-18(2,14-4-3-5-15(19)10-14)12-20-16-11-17(22-13-21-16)23-6-8-24-9-7-23/h3-5,10-11,13H,6-9,12H2,1-2H3,(H,20,21,22). The van der Waals surface area contributed by atoms with Gasteiger partial charge in [-0.05, 0) is 17.7 Å². The molecule has 0 aliphatic carbocycles. The van der Waals surface area contributed by atoms with Gasteiger partial charge in [-0.25, -0.2) is 9.97 Å². The summed E-state index contributed by atoms with van der Waals surface area (Å²) in [7, 11) is 0. The van der Waals surface area contributed by atoms with Gasteiger partial charge < -0.3 is 15.0 Å². The zero-order valence-corrected chi connectivity index (χ0v) is 14.9. The molecule has 0 amide bonds. The van der Waals surface area contributed by atoms with Crippen LogP contribution in [-0.4, -0.2) is 42.8 Å². The highest BCUT2D eigenvalue weighted by Gasteiger charge is 2.21. The van der Waals surface area contributed by atoms with Crippen LogP contribution < -0.4 is 10.2 Å². The maximum absolute atomic E-state index is 6.12. The van der Waals surface area contributed by atoms with Gasteiger partial charge in [0.1, 0.15) is 18.0 Å². The van der Waals surface area contributed by atoms with Crippen LogP contribution in [0.3, 0.4) is 0 Å². The molecule has 1 aliphatic heterocycles. The maximum atomic E-state index is 6.12. The third kappa shape index (κ3) is 4.16. The number of benzene rings is 1. The van der Waals surface area contributed by atoms with Crippen molar-refractivity contribution < 1.29 is 4.74 Å². The molecule has 1 aromatic heterocycles. The molecule has 1 aliphatic rings. The van der Waals surface area contributed by atoms with Gasteiger partial charge >= 0.3 is 0 Å². The fraction of sp³-hybridized carbons (Fsp3) is 0.444. The molecule has 0 radical (unpaired) electrons. The van der Waals surface area contributed by atoms with E-state index in [1.165, 1.54) is 5.56 Å². The molecule has 3 rings (SSSR count). The molecule has 0 unspecified atom stereocenters. The fourth-order valence-corrected chi connectivity index (χ4v) is 2.92. The van der Waals surface area contributed by atoms with Gasteiger partial charge in [-0.2, -0.15) is 0 Å². The predicted molar refractivity (Wildman–Crippen MR) is 98.0 cm³/mol. The van der Waals surface area contributed by atoms with E-state index in [9.17, 15) is 0 Å². The first-order valence-electron chi connectivity index (χ1n) is 8.19. The lowest BCUT2D eigenvalue weighted by Crippen LogP contribution is -2.36. The number of nitrogens with one attached hydrogen (secondary N) is 1. The second kappa shape index (κ2) is 7.36. The number of ether oxygens (including phenoxy) is 1. The minimum Gasteiger partial charge on any atom is -0.378 e. The average molecular weight is 347 g/mol. The summed E-state index contributed by atoms with van der Waals surface area (Å²) in [6.07, 6.45) is 1.61. The van der Waals surface area contributed by atoms with E-state index < -0.39 is 0 Å².